The van der Waals surface area contributed by atoms with Crippen LogP contribution in [-0.4, -0.2) is 22.7 Å². The van der Waals surface area contributed by atoms with E-state index in [-0.39, 0.29) is 17.7 Å². The average Bonchev–Trinajstić information content (AvgIpc) is 2.19. The number of carbonyl (C=O) groups is 1. The first-order valence-electron chi connectivity index (χ1n) is 4.01. The van der Waals surface area contributed by atoms with Gasteiger partial charge in [0.15, 0.2) is 12.0 Å². The van der Waals surface area contributed by atoms with Crippen molar-refractivity contribution < 1.29 is 27.8 Å². The second-order valence-corrected chi connectivity index (χ2v) is 2.72. The number of aldehydes is 1. The van der Waals surface area contributed by atoms with Crippen LogP contribution in [0.3, 0.4) is 0 Å². The summed E-state index contributed by atoms with van der Waals surface area (Å²) in [6, 6.07) is 0. The lowest BCUT2D eigenvalue weighted by molar-refractivity contribution is -0.276. The zero-order valence-electron chi connectivity index (χ0n) is 7.78. The molecular weight excluding hydrogens is 229 g/mol. The van der Waals surface area contributed by atoms with Gasteiger partial charge in [-0.2, -0.15) is 0 Å². The minimum atomic E-state index is -4.97. The van der Waals surface area contributed by atoms with Crippen LogP contribution in [0.1, 0.15) is 15.9 Å². The number of hydrogen-bond acceptors (Lipinski definition) is 5. The molecule has 0 saturated heterocycles. The van der Waals surface area contributed by atoms with E-state index in [0.717, 1.165) is 6.20 Å². The molecule has 0 spiro atoms. The molecule has 0 aromatic carbocycles. The van der Waals surface area contributed by atoms with Gasteiger partial charge in [-0.3, -0.25) is 4.79 Å². The van der Waals surface area contributed by atoms with Crippen LogP contribution in [0.25, 0.3) is 0 Å². The molecule has 3 N–H and O–H groups in total. The predicted octanol–water partition coefficient (Wildman–Crippen LogP) is 0.957. The van der Waals surface area contributed by atoms with Gasteiger partial charge in [-0.05, 0) is 0 Å². The quantitative estimate of drug-likeness (QED) is 0.763. The molecule has 0 aliphatic carbocycles. The van der Waals surface area contributed by atoms with Crippen LogP contribution in [0.4, 0.5) is 13.2 Å². The van der Waals surface area contributed by atoms with Gasteiger partial charge in [0.2, 0.25) is 0 Å². The Hall–Kier alpha value is -1.83. The molecule has 1 aromatic heterocycles. The van der Waals surface area contributed by atoms with E-state index in [4.69, 9.17) is 5.73 Å². The third-order valence-electron chi connectivity index (χ3n) is 1.70. The monoisotopic (exact) mass is 236 g/mol. The van der Waals surface area contributed by atoms with Crippen molar-refractivity contribution >= 4 is 6.29 Å². The first-order chi connectivity index (χ1) is 7.39. The highest BCUT2D eigenvalue weighted by molar-refractivity contribution is 5.78. The standard InChI is InChI=1S/C8H7F3N2O3/c9-8(10,11)16-7-6(15)5(1-12)4(3-14)2-13-7/h2-3,15H,1,12H2. The maximum absolute atomic E-state index is 11.9. The largest absolute Gasteiger partial charge is 0.574 e. The summed E-state index contributed by atoms with van der Waals surface area (Å²) in [6.45, 7) is -0.309. The van der Waals surface area contributed by atoms with Gasteiger partial charge < -0.3 is 15.6 Å². The van der Waals surface area contributed by atoms with Gasteiger partial charge in [0.05, 0.1) is 0 Å². The number of rotatable bonds is 3. The first-order valence-corrected chi connectivity index (χ1v) is 4.01. The Kier molecular flexibility index (Phi) is 3.33. The molecule has 8 heteroatoms. The first kappa shape index (κ1) is 12.2. The van der Waals surface area contributed by atoms with Crippen LogP contribution in [0.15, 0.2) is 6.20 Å². The van der Waals surface area contributed by atoms with Gasteiger partial charge in [0.1, 0.15) is 0 Å². The van der Waals surface area contributed by atoms with E-state index in [9.17, 15) is 23.1 Å². The van der Waals surface area contributed by atoms with Crippen molar-refractivity contribution in [3.05, 3.63) is 17.3 Å². The Balaban J connectivity index is 3.19. The van der Waals surface area contributed by atoms with Crippen molar-refractivity contribution in [3.63, 3.8) is 0 Å². The van der Waals surface area contributed by atoms with E-state index in [1.54, 1.807) is 0 Å². The minimum Gasteiger partial charge on any atom is -0.503 e. The van der Waals surface area contributed by atoms with Gasteiger partial charge in [-0.25, -0.2) is 4.98 Å². The number of halogens is 3. The van der Waals surface area contributed by atoms with Crippen molar-refractivity contribution in [3.8, 4) is 11.6 Å². The summed E-state index contributed by atoms with van der Waals surface area (Å²) >= 11 is 0. The highest BCUT2D eigenvalue weighted by Gasteiger charge is 2.33. The predicted molar refractivity (Wildman–Crippen MR) is 45.9 cm³/mol. The van der Waals surface area contributed by atoms with E-state index >= 15 is 0 Å². The Morgan fingerprint density at radius 2 is 2.19 bits per heavy atom. The van der Waals surface area contributed by atoms with Crippen LogP contribution in [0, 0.1) is 0 Å². The van der Waals surface area contributed by atoms with Gasteiger partial charge in [-0.15, -0.1) is 13.2 Å². The molecular formula is C8H7F3N2O3. The summed E-state index contributed by atoms with van der Waals surface area (Å²) < 4.78 is 39.0. The highest BCUT2D eigenvalue weighted by atomic mass is 19.4. The van der Waals surface area contributed by atoms with Crippen molar-refractivity contribution in [1.29, 1.82) is 0 Å². The second-order valence-electron chi connectivity index (χ2n) is 2.72. The summed E-state index contributed by atoms with van der Waals surface area (Å²) in [5.41, 5.74) is 4.94. The number of nitrogens with two attached hydrogens (primary N) is 1. The number of nitrogens with zero attached hydrogens (tertiary/aromatic N) is 1. The average molecular weight is 236 g/mol. The number of pyridine rings is 1. The lowest BCUT2D eigenvalue weighted by Crippen LogP contribution is -2.18. The van der Waals surface area contributed by atoms with Gasteiger partial charge >= 0.3 is 6.36 Å². The molecule has 16 heavy (non-hydrogen) atoms. The molecule has 88 valence electrons. The van der Waals surface area contributed by atoms with Crippen molar-refractivity contribution in [2.75, 3.05) is 0 Å². The van der Waals surface area contributed by atoms with Crippen molar-refractivity contribution in [1.82, 2.24) is 4.98 Å². The number of aromatic hydroxyl groups is 1. The molecule has 1 rings (SSSR count). The topological polar surface area (TPSA) is 85.4 Å². The molecule has 1 heterocycles. The van der Waals surface area contributed by atoms with Gasteiger partial charge in [0, 0.05) is 23.9 Å². The van der Waals surface area contributed by atoms with Gasteiger partial charge in [-0.1, -0.05) is 0 Å². The number of ether oxygens (including phenoxy) is 1. The molecule has 0 atom stereocenters. The lowest BCUT2D eigenvalue weighted by atomic mass is 10.1. The summed E-state index contributed by atoms with van der Waals surface area (Å²) in [6.07, 6.45) is -3.80. The Labute approximate surface area is 87.7 Å². The number of alkyl halides is 3. The lowest BCUT2D eigenvalue weighted by Gasteiger charge is -2.12. The molecule has 0 saturated carbocycles. The van der Waals surface area contributed by atoms with Crippen LogP contribution in [0.5, 0.6) is 11.6 Å². The molecule has 0 unspecified atom stereocenters. The van der Waals surface area contributed by atoms with E-state index in [1.807, 2.05) is 0 Å². The molecule has 0 amide bonds. The normalized spacial score (nSPS) is 11.2. The van der Waals surface area contributed by atoms with Crippen molar-refractivity contribution in [2.24, 2.45) is 5.73 Å². The van der Waals surface area contributed by atoms with Crippen LogP contribution >= 0.6 is 0 Å². The van der Waals surface area contributed by atoms with Crippen LogP contribution in [-0.2, 0) is 6.54 Å². The fraction of sp³-hybridized carbons (Fsp3) is 0.250. The van der Waals surface area contributed by atoms with Gasteiger partial charge in [0.25, 0.3) is 5.88 Å². The second kappa shape index (κ2) is 4.35. The SMILES string of the molecule is NCc1c(C=O)cnc(OC(F)(F)F)c1O. The molecule has 0 aliphatic rings. The van der Waals surface area contributed by atoms with E-state index < -0.39 is 18.0 Å². The van der Waals surface area contributed by atoms with E-state index in [0.29, 0.717) is 6.29 Å². The summed E-state index contributed by atoms with van der Waals surface area (Å²) in [4.78, 5) is 13.6. The summed E-state index contributed by atoms with van der Waals surface area (Å²) in [5, 5.41) is 9.34. The third kappa shape index (κ3) is 2.60. The van der Waals surface area contributed by atoms with E-state index in [2.05, 4.69) is 9.72 Å². The Morgan fingerprint density at radius 3 is 2.62 bits per heavy atom. The minimum absolute atomic E-state index is 0.0884. The Bertz CT molecular complexity index is 406. The maximum Gasteiger partial charge on any atom is 0.574 e. The molecule has 0 bridgehead atoms. The highest BCUT2D eigenvalue weighted by Crippen LogP contribution is 2.32. The molecule has 0 radical (unpaired) electrons. The van der Waals surface area contributed by atoms with Crippen LogP contribution in [0.2, 0.25) is 0 Å². The van der Waals surface area contributed by atoms with Crippen molar-refractivity contribution in [2.45, 2.75) is 12.9 Å². The number of carbonyl (C=O) groups excluding carboxylic acids is 1. The molecule has 0 aliphatic heterocycles. The Morgan fingerprint density at radius 1 is 1.56 bits per heavy atom. The third-order valence-corrected chi connectivity index (χ3v) is 1.70. The zero-order chi connectivity index (χ0) is 12.3. The van der Waals surface area contributed by atoms with Crippen LogP contribution < -0.4 is 10.5 Å². The fourth-order valence-corrected chi connectivity index (χ4v) is 1.03. The van der Waals surface area contributed by atoms with E-state index in [1.165, 1.54) is 0 Å². The summed E-state index contributed by atoms with van der Waals surface area (Å²) in [7, 11) is 0. The maximum atomic E-state index is 11.9. The summed E-state index contributed by atoms with van der Waals surface area (Å²) in [5.74, 6) is -1.91. The number of aromatic nitrogens is 1. The number of hydrogen-bond donors (Lipinski definition) is 2. The molecule has 5 nitrogen and oxygen atoms in total. The smallest absolute Gasteiger partial charge is 0.503 e. The zero-order valence-corrected chi connectivity index (χ0v) is 7.78. The molecule has 1 aromatic rings. The fourth-order valence-electron chi connectivity index (χ4n) is 1.03. The molecule has 0 fully saturated rings.